The van der Waals surface area contributed by atoms with Gasteiger partial charge in [-0.05, 0) is 17.9 Å². The second kappa shape index (κ2) is 4.09. The van der Waals surface area contributed by atoms with Gasteiger partial charge in [-0.1, -0.05) is 13.8 Å². The highest BCUT2D eigenvalue weighted by Gasteiger charge is 2.26. The van der Waals surface area contributed by atoms with Gasteiger partial charge in [0.15, 0.2) is 0 Å². The lowest BCUT2D eigenvalue weighted by Gasteiger charge is -2.18. The fourth-order valence-corrected chi connectivity index (χ4v) is 2.08. The Labute approximate surface area is 91.5 Å². The molecule has 1 aliphatic rings. The number of nitrogens with one attached hydrogen (secondary N) is 1. The van der Waals surface area contributed by atoms with Crippen LogP contribution in [0.1, 0.15) is 13.8 Å². The highest BCUT2D eigenvalue weighted by Crippen LogP contribution is 2.28. The molecule has 0 aromatic carbocycles. The molecule has 1 saturated heterocycles. The zero-order chi connectivity index (χ0) is 10.8. The van der Waals surface area contributed by atoms with E-state index in [0.717, 1.165) is 30.6 Å². The molecule has 0 bridgehead atoms. The second-order valence-electron chi connectivity index (χ2n) is 4.54. The van der Waals surface area contributed by atoms with Crippen LogP contribution in [-0.2, 0) is 0 Å². The molecular weight excluding hydrogens is 186 g/mol. The Morgan fingerprint density at radius 1 is 1.27 bits per heavy atom. The first-order chi connectivity index (χ1) is 7.20. The Bertz CT molecular complexity index is 327. The molecule has 1 aromatic rings. The van der Waals surface area contributed by atoms with E-state index in [1.807, 2.05) is 19.4 Å². The Morgan fingerprint density at radius 3 is 2.53 bits per heavy atom. The maximum absolute atomic E-state index is 4.25. The minimum absolute atomic E-state index is 0.781. The van der Waals surface area contributed by atoms with Crippen molar-refractivity contribution in [1.82, 2.24) is 4.98 Å². The average Bonchev–Trinajstić information content (AvgIpc) is 2.59. The number of nitrogens with zero attached hydrogens (tertiary/aromatic N) is 2. The maximum atomic E-state index is 4.25. The number of anilines is 2. The van der Waals surface area contributed by atoms with Crippen LogP contribution < -0.4 is 10.2 Å². The lowest BCUT2D eigenvalue weighted by molar-refractivity contribution is 0.494. The van der Waals surface area contributed by atoms with E-state index in [4.69, 9.17) is 0 Å². The summed E-state index contributed by atoms with van der Waals surface area (Å²) in [6.45, 7) is 6.94. The predicted octanol–water partition coefficient (Wildman–Crippen LogP) is 2.22. The molecule has 2 unspecified atom stereocenters. The van der Waals surface area contributed by atoms with Crippen molar-refractivity contribution in [2.24, 2.45) is 11.8 Å². The summed E-state index contributed by atoms with van der Waals surface area (Å²) in [7, 11) is 1.93. The monoisotopic (exact) mass is 205 g/mol. The molecule has 0 radical (unpaired) electrons. The molecule has 0 spiro atoms. The highest BCUT2D eigenvalue weighted by atomic mass is 15.2. The van der Waals surface area contributed by atoms with Gasteiger partial charge in [-0.15, -0.1) is 0 Å². The van der Waals surface area contributed by atoms with Crippen molar-refractivity contribution in [1.29, 1.82) is 0 Å². The minimum atomic E-state index is 0.781. The molecule has 3 nitrogen and oxygen atoms in total. The van der Waals surface area contributed by atoms with Crippen LogP contribution in [-0.4, -0.2) is 25.1 Å². The van der Waals surface area contributed by atoms with E-state index >= 15 is 0 Å². The van der Waals surface area contributed by atoms with Crippen molar-refractivity contribution >= 4 is 11.4 Å². The minimum Gasteiger partial charge on any atom is -0.387 e. The molecule has 0 amide bonds. The molecule has 0 saturated carbocycles. The number of rotatable bonds is 2. The molecule has 1 N–H and O–H groups in total. The van der Waals surface area contributed by atoms with Gasteiger partial charge < -0.3 is 10.2 Å². The van der Waals surface area contributed by atoms with Crippen LogP contribution in [0, 0.1) is 11.8 Å². The van der Waals surface area contributed by atoms with Gasteiger partial charge in [-0.2, -0.15) is 0 Å². The van der Waals surface area contributed by atoms with Crippen molar-refractivity contribution in [3.63, 3.8) is 0 Å². The van der Waals surface area contributed by atoms with Crippen LogP contribution in [0.25, 0.3) is 0 Å². The zero-order valence-corrected chi connectivity index (χ0v) is 9.70. The van der Waals surface area contributed by atoms with Crippen LogP contribution in [0.4, 0.5) is 11.4 Å². The summed E-state index contributed by atoms with van der Waals surface area (Å²) in [6.07, 6.45) is 3.80. The van der Waals surface area contributed by atoms with Crippen LogP contribution in [0.15, 0.2) is 18.5 Å². The van der Waals surface area contributed by atoms with Crippen molar-refractivity contribution in [2.45, 2.75) is 13.8 Å². The van der Waals surface area contributed by atoms with E-state index in [-0.39, 0.29) is 0 Å². The largest absolute Gasteiger partial charge is 0.387 e. The van der Waals surface area contributed by atoms with Crippen LogP contribution in [0.3, 0.4) is 0 Å². The average molecular weight is 205 g/mol. The highest BCUT2D eigenvalue weighted by molar-refractivity contribution is 5.55. The fraction of sp³-hybridized carbons (Fsp3) is 0.583. The van der Waals surface area contributed by atoms with Crippen molar-refractivity contribution < 1.29 is 0 Å². The summed E-state index contributed by atoms with van der Waals surface area (Å²) in [5.41, 5.74) is 2.32. The maximum Gasteiger partial charge on any atom is 0.0573 e. The summed E-state index contributed by atoms with van der Waals surface area (Å²) >= 11 is 0. The summed E-state index contributed by atoms with van der Waals surface area (Å²) in [5.74, 6) is 1.56. The van der Waals surface area contributed by atoms with Crippen LogP contribution in [0.5, 0.6) is 0 Å². The van der Waals surface area contributed by atoms with Gasteiger partial charge in [0.25, 0.3) is 0 Å². The molecule has 15 heavy (non-hydrogen) atoms. The van der Waals surface area contributed by atoms with Gasteiger partial charge in [0.1, 0.15) is 0 Å². The van der Waals surface area contributed by atoms with Gasteiger partial charge in [-0.3, -0.25) is 4.98 Å². The van der Waals surface area contributed by atoms with Crippen LogP contribution in [0.2, 0.25) is 0 Å². The smallest absolute Gasteiger partial charge is 0.0573 e. The lowest BCUT2D eigenvalue weighted by atomic mass is 10.0. The number of hydrogen-bond acceptors (Lipinski definition) is 3. The molecule has 1 aromatic heterocycles. The van der Waals surface area contributed by atoms with Crippen LogP contribution >= 0.6 is 0 Å². The number of aromatic nitrogens is 1. The first-order valence-electron chi connectivity index (χ1n) is 5.58. The SMILES string of the molecule is CNc1cncc(N2CC(C)C(C)C2)c1. The Hall–Kier alpha value is -1.25. The van der Waals surface area contributed by atoms with E-state index in [9.17, 15) is 0 Å². The number of hydrogen-bond donors (Lipinski definition) is 1. The second-order valence-corrected chi connectivity index (χ2v) is 4.54. The summed E-state index contributed by atoms with van der Waals surface area (Å²) in [4.78, 5) is 6.67. The van der Waals surface area contributed by atoms with Crippen molar-refractivity contribution in [2.75, 3.05) is 30.4 Å². The Balaban J connectivity index is 2.16. The van der Waals surface area contributed by atoms with E-state index in [1.165, 1.54) is 5.69 Å². The first kappa shape index (κ1) is 10.3. The molecule has 1 aliphatic heterocycles. The molecule has 82 valence electrons. The topological polar surface area (TPSA) is 28.2 Å². The molecule has 2 atom stereocenters. The van der Waals surface area contributed by atoms with Crippen molar-refractivity contribution in [3.8, 4) is 0 Å². The van der Waals surface area contributed by atoms with Crippen molar-refractivity contribution in [3.05, 3.63) is 18.5 Å². The van der Waals surface area contributed by atoms with E-state index in [0.29, 0.717) is 0 Å². The first-order valence-corrected chi connectivity index (χ1v) is 5.58. The summed E-state index contributed by atoms with van der Waals surface area (Å²) < 4.78 is 0. The van der Waals surface area contributed by atoms with Gasteiger partial charge >= 0.3 is 0 Å². The third-order valence-corrected chi connectivity index (χ3v) is 3.37. The predicted molar refractivity (Wildman–Crippen MR) is 64.3 cm³/mol. The molecule has 0 aliphatic carbocycles. The Kier molecular flexibility index (Phi) is 2.80. The van der Waals surface area contributed by atoms with E-state index < -0.39 is 0 Å². The standard InChI is InChI=1S/C12H19N3/c1-9-7-15(8-10(9)2)12-4-11(13-3)5-14-6-12/h4-6,9-10,13H,7-8H2,1-3H3. The fourth-order valence-electron chi connectivity index (χ4n) is 2.08. The van der Waals surface area contributed by atoms with Gasteiger partial charge in [-0.25, -0.2) is 0 Å². The van der Waals surface area contributed by atoms with E-state index in [1.54, 1.807) is 0 Å². The molecule has 2 rings (SSSR count). The summed E-state index contributed by atoms with van der Waals surface area (Å²) in [5, 5.41) is 3.12. The van der Waals surface area contributed by atoms with Gasteiger partial charge in [0, 0.05) is 20.1 Å². The molecule has 1 fully saturated rings. The third kappa shape index (κ3) is 2.06. The quantitative estimate of drug-likeness (QED) is 0.802. The van der Waals surface area contributed by atoms with E-state index in [2.05, 4.69) is 35.1 Å². The third-order valence-electron chi connectivity index (χ3n) is 3.37. The lowest BCUT2D eigenvalue weighted by Crippen LogP contribution is -2.19. The zero-order valence-electron chi connectivity index (χ0n) is 9.70. The summed E-state index contributed by atoms with van der Waals surface area (Å²) in [6, 6.07) is 2.16. The number of pyridine rings is 1. The molecule has 2 heterocycles. The van der Waals surface area contributed by atoms with Gasteiger partial charge in [0.05, 0.1) is 23.8 Å². The Morgan fingerprint density at radius 2 is 1.93 bits per heavy atom. The normalized spacial score (nSPS) is 25.7. The van der Waals surface area contributed by atoms with Gasteiger partial charge in [0.2, 0.25) is 0 Å². The molecular formula is C12H19N3. The molecule has 3 heteroatoms.